The van der Waals surface area contributed by atoms with Gasteiger partial charge >= 0.3 is 0 Å². The summed E-state index contributed by atoms with van der Waals surface area (Å²) >= 11 is 3.16. The van der Waals surface area contributed by atoms with Crippen molar-refractivity contribution in [2.75, 3.05) is 17.2 Å². The van der Waals surface area contributed by atoms with E-state index in [1.807, 2.05) is 6.92 Å². The molecule has 0 heterocycles. The zero-order valence-electron chi connectivity index (χ0n) is 14.7. The Morgan fingerprint density at radius 1 is 1.15 bits per heavy atom. The lowest BCUT2D eigenvalue weighted by Crippen LogP contribution is -2.21. The molecule has 0 saturated heterocycles. The predicted molar refractivity (Wildman–Crippen MR) is 103 cm³/mol. The van der Waals surface area contributed by atoms with Crippen molar-refractivity contribution >= 4 is 39.1 Å². The molecule has 2 N–H and O–H groups in total. The average molecular weight is 423 g/mol. The highest BCUT2D eigenvalue weighted by molar-refractivity contribution is 9.10. The van der Waals surface area contributed by atoms with Gasteiger partial charge in [-0.15, -0.1) is 0 Å². The largest absolute Gasteiger partial charge is 0.481 e. The summed E-state index contributed by atoms with van der Waals surface area (Å²) in [6.07, 6.45) is 0. The fraction of sp³-hybridized carbons (Fsp3) is 0.263. The van der Waals surface area contributed by atoms with Gasteiger partial charge in [-0.25, -0.2) is 4.39 Å². The van der Waals surface area contributed by atoms with E-state index in [1.54, 1.807) is 38.1 Å². The van der Waals surface area contributed by atoms with Crippen LogP contribution in [0, 0.1) is 18.7 Å². The van der Waals surface area contributed by atoms with Crippen LogP contribution in [0.25, 0.3) is 0 Å². The molecular formula is C19H20BrFN2O3. The molecule has 0 fully saturated rings. The lowest BCUT2D eigenvalue weighted by atomic mass is 10.1. The Hall–Kier alpha value is -2.41. The van der Waals surface area contributed by atoms with E-state index in [0.717, 1.165) is 5.56 Å². The number of benzene rings is 2. The standard InChI is InChI=1S/C19H20BrFN2O3/c1-11(2)19(25)22-14-6-4-12(3)16(9-14)23-18(24)10-26-17-7-5-13(20)8-15(17)21/h4-9,11H,10H2,1-3H3,(H,22,25)(H,23,24). The van der Waals surface area contributed by atoms with Gasteiger partial charge in [-0.05, 0) is 42.8 Å². The van der Waals surface area contributed by atoms with Gasteiger partial charge in [0, 0.05) is 21.8 Å². The average Bonchev–Trinajstić information content (AvgIpc) is 2.57. The van der Waals surface area contributed by atoms with Crippen LogP contribution in [-0.2, 0) is 9.59 Å². The maximum absolute atomic E-state index is 13.7. The third kappa shape index (κ3) is 5.56. The molecule has 7 heteroatoms. The number of amides is 2. The molecule has 2 amide bonds. The van der Waals surface area contributed by atoms with Gasteiger partial charge in [0.1, 0.15) is 0 Å². The van der Waals surface area contributed by atoms with E-state index >= 15 is 0 Å². The van der Waals surface area contributed by atoms with E-state index in [4.69, 9.17) is 4.74 Å². The van der Waals surface area contributed by atoms with Gasteiger partial charge in [0.15, 0.2) is 18.2 Å². The molecule has 0 saturated carbocycles. The summed E-state index contributed by atoms with van der Waals surface area (Å²) < 4.78 is 19.5. The number of nitrogens with one attached hydrogen (secondary N) is 2. The number of hydrogen-bond donors (Lipinski definition) is 2. The highest BCUT2D eigenvalue weighted by Crippen LogP contribution is 2.23. The molecular weight excluding hydrogens is 403 g/mol. The smallest absolute Gasteiger partial charge is 0.262 e. The first-order valence-electron chi connectivity index (χ1n) is 8.05. The Morgan fingerprint density at radius 3 is 2.54 bits per heavy atom. The molecule has 0 spiro atoms. The molecule has 2 aromatic rings. The monoisotopic (exact) mass is 422 g/mol. The Morgan fingerprint density at radius 2 is 1.88 bits per heavy atom. The molecule has 26 heavy (non-hydrogen) atoms. The quantitative estimate of drug-likeness (QED) is 0.719. The molecule has 2 rings (SSSR count). The molecule has 0 atom stereocenters. The number of hydrogen-bond acceptors (Lipinski definition) is 3. The Balaban J connectivity index is 2.00. The molecule has 0 aliphatic heterocycles. The number of anilines is 2. The third-order valence-corrected chi connectivity index (χ3v) is 4.05. The summed E-state index contributed by atoms with van der Waals surface area (Å²) in [6, 6.07) is 9.56. The van der Waals surface area contributed by atoms with E-state index in [2.05, 4.69) is 26.6 Å². The summed E-state index contributed by atoms with van der Waals surface area (Å²) in [7, 11) is 0. The van der Waals surface area contributed by atoms with Gasteiger partial charge in [-0.1, -0.05) is 35.8 Å². The molecule has 138 valence electrons. The second-order valence-corrected chi connectivity index (χ2v) is 7.00. The highest BCUT2D eigenvalue weighted by atomic mass is 79.9. The first kappa shape index (κ1) is 19.9. The summed E-state index contributed by atoms with van der Waals surface area (Å²) in [5.41, 5.74) is 1.97. The molecule has 2 aromatic carbocycles. The van der Waals surface area contributed by atoms with Crippen LogP contribution in [0.15, 0.2) is 40.9 Å². The van der Waals surface area contributed by atoms with Crippen molar-refractivity contribution in [3.63, 3.8) is 0 Å². The normalized spacial score (nSPS) is 10.5. The minimum Gasteiger partial charge on any atom is -0.481 e. The van der Waals surface area contributed by atoms with Gasteiger partial charge in [-0.3, -0.25) is 9.59 Å². The topological polar surface area (TPSA) is 67.4 Å². The zero-order valence-corrected chi connectivity index (χ0v) is 16.3. The van der Waals surface area contributed by atoms with Crippen molar-refractivity contribution in [2.24, 2.45) is 5.92 Å². The number of carbonyl (C=O) groups excluding carboxylic acids is 2. The predicted octanol–water partition coefficient (Wildman–Crippen LogP) is 4.51. The van der Waals surface area contributed by atoms with Gasteiger partial charge in [-0.2, -0.15) is 0 Å². The molecule has 0 aromatic heterocycles. The number of carbonyl (C=O) groups is 2. The second-order valence-electron chi connectivity index (χ2n) is 6.09. The number of aryl methyl sites for hydroxylation is 1. The summed E-state index contributed by atoms with van der Waals surface area (Å²) in [4.78, 5) is 23.9. The van der Waals surface area contributed by atoms with E-state index < -0.39 is 11.7 Å². The van der Waals surface area contributed by atoms with Crippen molar-refractivity contribution in [1.29, 1.82) is 0 Å². The van der Waals surface area contributed by atoms with Crippen molar-refractivity contribution in [2.45, 2.75) is 20.8 Å². The van der Waals surface area contributed by atoms with Crippen molar-refractivity contribution in [3.8, 4) is 5.75 Å². The van der Waals surface area contributed by atoms with Crippen LogP contribution in [-0.4, -0.2) is 18.4 Å². The molecule has 0 aliphatic carbocycles. The van der Waals surface area contributed by atoms with E-state index in [-0.39, 0.29) is 24.2 Å². The van der Waals surface area contributed by atoms with Crippen molar-refractivity contribution in [3.05, 3.63) is 52.3 Å². The van der Waals surface area contributed by atoms with Gasteiger partial charge in [0.05, 0.1) is 0 Å². The SMILES string of the molecule is Cc1ccc(NC(=O)C(C)C)cc1NC(=O)COc1ccc(Br)cc1F. The van der Waals surface area contributed by atoms with Gasteiger partial charge < -0.3 is 15.4 Å². The lowest BCUT2D eigenvalue weighted by Gasteiger charge is -2.13. The highest BCUT2D eigenvalue weighted by Gasteiger charge is 2.11. The molecule has 0 unspecified atom stereocenters. The maximum Gasteiger partial charge on any atom is 0.262 e. The fourth-order valence-electron chi connectivity index (χ4n) is 2.04. The van der Waals surface area contributed by atoms with Gasteiger partial charge in [0.25, 0.3) is 5.91 Å². The van der Waals surface area contributed by atoms with Crippen LogP contribution in [0.2, 0.25) is 0 Å². The van der Waals surface area contributed by atoms with Crippen LogP contribution in [0.5, 0.6) is 5.75 Å². The van der Waals surface area contributed by atoms with Crippen LogP contribution in [0.4, 0.5) is 15.8 Å². The fourth-order valence-corrected chi connectivity index (χ4v) is 2.38. The first-order chi connectivity index (χ1) is 12.3. The van der Waals surface area contributed by atoms with Crippen LogP contribution < -0.4 is 15.4 Å². The molecule has 0 bridgehead atoms. The molecule has 0 radical (unpaired) electrons. The Kier molecular flexibility index (Phi) is 6.74. The molecule has 0 aliphatic rings. The minimum atomic E-state index is -0.554. The Labute approximate surface area is 160 Å². The van der Waals surface area contributed by atoms with Gasteiger partial charge in [0.2, 0.25) is 5.91 Å². The number of halogens is 2. The van der Waals surface area contributed by atoms with Crippen molar-refractivity contribution in [1.82, 2.24) is 0 Å². The zero-order chi connectivity index (χ0) is 19.3. The molecule has 5 nitrogen and oxygen atoms in total. The van der Waals surface area contributed by atoms with E-state index in [0.29, 0.717) is 15.8 Å². The number of ether oxygens (including phenoxy) is 1. The Bertz CT molecular complexity index is 824. The van der Waals surface area contributed by atoms with Crippen LogP contribution in [0.3, 0.4) is 0 Å². The van der Waals surface area contributed by atoms with Crippen LogP contribution in [0.1, 0.15) is 19.4 Å². The first-order valence-corrected chi connectivity index (χ1v) is 8.85. The maximum atomic E-state index is 13.7. The third-order valence-electron chi connectivity index (χ3n) is 3.56. The van der Waals surface area contributed by atoms with E-state index in [9.17, 15) is 14.0 Å². The number of rotatable bonds is 6. The summed E-state index contributed by atoms with van der Waals surface area (Å²) in [5.74, 6) is -1.24. The minimum absolute atomic E-state index is 0.00183. The van der Waals surface area contributed by atoms with Crippen LogP contribution >= 0.6 is 15.9 Å². The van der Waals surface area contributed by atoms with E-state index in [1.165, 1.54) is 12.1 Å². The second kappa shape index (κ2) is 8.80. The van der Waals surface area contributed by atoms with Crippen molar-refractivity contribution < 1.29 is 18.7 Å². The summed E-state index contributed by atoms with van der Waals surface area (Å²) in [6.45, 7) is 5.09. The summed E-state index contributed by atoms with van der Waals surface area (Å²) in [5, 5.41) is 5.48. The lowest BCUT2D eigenvalue weighted by molar-refractivity contribution is -0.119.